The summed E-state index contributed by atoms with van der Waals surface area (Å²) in [6.45, 7) is 2.19. The molecule has 10 heteroatoms. The van der Waals surface area contributed by atoms with Gasteiger partial charge in [0.25, 0.3) is 0 Å². The number of carbonyl (C=O) groups excluding carboxylic acids is 1. The Hall–Kier alpha value is -3.40. The molecule has 0 unspecified atom stereocenters. The van der Waals surface area contributed by atoms with E-state index in [1.807, 2.05) is 12.1 Å². The van der Waals surface area contributed by atoms with E-state index < -0.39 is 47.0 Å². The fraction of sp³-hybridized carbons (Fsp3) is 0.367. The second kappa shape index (κ2) is 12.0. The van der Waals surface area contributed by atoms with Crippen LogP contribution in [0.15, 0.2) is 60.7 Å². The summed E-state index contributed by atoms with van der Waals surface area (Å²) in [5.41, 5.74) is -0.228. The standard InChI is InChI=1S/C30H27F7O3/c1-2-3-18-4-6-19(7-5-18)20-8-10-21(11-9-20)22-16-25(31)27(26(32)17-22)28(38)39-24-14-12-23(13-15-24)29(33,34)40-30(35,36)37/h8-19H,2-7H2,1H3. The van der Waals surface area contributed by atoms with Crippen LogP contribution in [0, 0.1) is 17.6 Å². The molecule has 0 spiro atoms. The maximum Gasteiger partial charge on any atom is 0.527 e. The normalized spacial score (nSPS) is 18.0. The molecule has 0 N–H and O–H groups in total. The van der Waals surface area contributed by atoms with Gasteiger partial charge in [-0.2, -0.15) is 8.78 Å². The largest absolute Gasteiger partial charge is 0.527 e. The van der Waals surface area contributed by atoms with Crippen LogP contribution in [0.2, 0.25) is 0 Å². The molecule has 3 aromatic rings. The summed E-state index contributed by atoms with van der Waals surface area (Å²) >= 11 is 0. The number of halogens is 7. The van der Waals surface area contributed by atoms with Gasteiger partial charge >= 0.3 is 18.4 Å². The number of alkyl halides is 5. The fourth-order valence-corrected chi connectivity index (χ4v) is 5.15. The van der Waals surface area contributed by atoms with Crippen molar-refractivity contribution in [2.75, 3.05) is 0 Å². The lowest BCUT2D eigenvalue weighted by Gasteiger charge is -2.28. The molecule has 0 atom stereocenters. The predicted molar refractivity (Wildman–Crippen MR) is 134 cm³/mol. The first-order chi connectivity index (χ1) is 18.9. The van der Waals surface area contributed by atoms with E-state index >= 15 is 0 Å². The average Bonchev–Trinajstić information content (AvgIpc) is 2.88. The molecule has 1 fully saturated rings. The zero-order valence-corrected chi connectivity index (χ0v) is 21.5. The third-order valence-corrected chi connectivity index (χ3v) is 7.15. The Morgan fingerprint density at radius 2 is 1.40 bits per heavy atom. The summed E-state index contributed by atoms with van der Waals surface area (Å²) in [5, 5.41) is 0. The van der Waals surface area contributed by atoms with Gasteiger partial charge in [-0.25, -0.2) is 18.3 Å². The van der Waals surface area contributed by atoms with Crippen molar-refractivity contribution in [1.82, 2.24) is 0 Å². The van der Waals surface area contributed by atoms with Crippen LogP contribution in [0.3, 0.4) is 0 Å². The number of rotatable bonds is 8. The molecule has 0 saturated heterocycles. The Labute approximate surface area is 226 Å². The lowest BCUT2D eigenvalue weighted by Crippen LogP contribution is -2.27. The van der Waals surface area contributed by atoms with Crippen molar-refractivity contribution in [3.05, 3.63) is 89.0 Å². The van der Waals surface area contributed by atoms with Crippen LogP contribution in [0.1, 0.15) is 72.9 Å². The smallest absolute Gasteiger partial charge is 0.423 e. The maximum absolute atomic E-state index is 14.8. The van der Waals surface area contributed by atoms with Crippen molar-refractivity contribution in [3.63, 3.8) is 0 Å². The monoisotopic (exact) mass is 568 g/mol. The molecule has 1 saturated carbocycles. The van der Waals surface area contributed by atoms with Crippen molar-refractivity contribution < 1.29 is 45.0 Å². The van der Waals surface area contributed by atoms with E-state index in [1.165, 1.54) is 31.2 Å². The van der Waals surface area contributed by atoms with Gasteiger partial charge < -0.3 is 4.74 Å². The third-order valence-electron chi connectivity index (χ3n) is 7.15. The van der Waals surface area contributed by atoms with E-state index in [-0.39, 0.29) is 5.56 Å². The maximum atomic E-state index is 14.8. The van der Waals surface area contributed by atoms with E-state index in [2.05, 4.69) is 11.7 Å². The summed E-state index contributed by atoms with van der Waals surface area (Å²) in [6, 6.07) is 12.0. The minimum absolute atomic E-state index is 0.209. The van der Waals surface area contributed by atoms with Gasteiger partial charge in [0.05, 0.1) is 5.56 Å². The molecule has 1 aliphatic rings. The van der Waals surface area contributed by atoms with Gasteiger partial charge in [-0.1, -0.05) is 44.0 Å². The number of hydrogen-bond acceptors (Lipinski definition) is 3. The van der Waals surface area contributed by atoms with Crippen LogP contribution < -0.4 is 4.74 Å². The molecule has 0 aromatic heterocycles. The second-order valence-electron chi connectivity index (χ2n) is 9.92. The van der Waals surface area contributed by atoms with Crippen LogP contribution in [0.4, 0.5) is 30.7 Å². The van der Waals surface area contributed by atoms with Crippen molar-refractivity contribution >= 4 is 5.97 Å². The quantitative estimate of drug-likeness (QED) is 0.154. The van der Waals surface area contributed by atoms with Crippen molar-refractivity contribution in [3.8, 4) is 16.9 Å². The van der Waals surface area contributed by atoms with Gasteiger partial charge in [0, 0.05) is 0 Å². The Morgan fingerprint density at radius 1 is 0.825 bits per heavy atom. The molecule has 1 aliphatic carbocycles. The van der Waals surface area contributed by atoms with Crippen LogP contribution in [-0.4, -0.2) is 12.3 Å². The topological polar surface area (TPSA) is 35.5 Å². The van der Waals surface area contributed by atoms with Gasteiger partial charge in [0.15, 0.2) is 0 Å². The lowest BCUT2D eigenvalue weighted by atomic mass is 9.77. The summed E-state index contributed by atoms with van der Waals surface area (Å²) in [5.74, 6) is -3.02. The van der Waals surface area contributed by atoms with Gasteiger partial charge in [-0.05, 0) is 90.6 Å². The molecule has 40 heavy (non-hydrogen) atoms. The third kappa shape index (κ3) is 7.21. The van der Waals surface area contributed by atoms with E-state index in [9.17, 15) is 35.5 Å². The zero-order chi connectivity index (χ0) is 29.1. The first-order valence-electron chi connectivity index (χ1n) is 12.9. The molecule has 3 aromatic carbocycles. The number of benzene rings is 3. The number of hydrogen-bond donors (Lipinski definition) is 0. The molecule has 0 heterocycles. The molecule has 0 amide bonds. The molecule has 0 aliphatic heterocycles. The first kappa shape index (κ1) is 29.6. The van der Waals surface area contributed by atoms with Crippen molar-refractivity contribution in [2.24, 2.45) is 5.92 Å². The van der Waals surface area contributed by atoms with Crippen LogP contribution in [0.25, 0.3) is 11.1 Å². The molecule has 0 bridgehead atoms. The molecular formula is C30H27F7O3. The second-order valence-corrected chi connectivity index (χ2v) is 9.92. The zero-order valence-electron chi connectivity index (χ0n) is 21.5. The first-order valence-corrected chi connectivity index (χ1v) is 12.9. The Bertz CT molecular complexity index is 1290. The average molecular weight is 569 g/mol. The van der Waals surface area contributed by atoms with Gasteiger partial charge in [0.1, 0.15) is 22.9 Å². The molecule has 4 rings (SSSR count). The van der Waals surface area contributed by atoms with E-state index in [1.54, 1.807) is 12.1 Å². The van der Waals surface area contributed by atoms with Crippen LogP contribution in [-0.2, 0) is 10.8 Å². The molecule has 3 nitrogen and oxygen atoms in total. The highest BCUT2D eigenvalue weighted by Gasteiger charge is 2.46. The highest BCUT2D eigenvalue weighted by Crippen LogP contribution is 2.39. The number of carbonyl (C=O) groups is 1. The Morgan fingerprint density at radius 3 is 1.93 bits per heavy atom. The lowest BCUT2D eigenvalue weighted by molar-refractivity contribution is -0.431. The van der Waals surface area contributed by atoms with Crippen molar-refractivity contribution in [1.29, 1.82) is 0 Å². The molecule has 214 valence electrons. The predicted octanol–water partition coefficient (Wildman–Crippen LogP) is 9.51. The minimum atomic E-state index is -5.59. The van der Waals surface area contributed by atoms with E-state index in [4.69, 9.17) is 4.74 Å². The van der Waals surface area contributed by atoms with Crippen LogP contribution in [0.5, 0.6) is 5.75 Å². The van der Waals surface area contributed by atoms with Gasteiger partial charge in [0.2, 0.25) is 0 Å². The van der Waals surface area contributed by atoms with Gasteiger partial charge in [-0.3, -0.25) is 0 Å². The summed E-state index contributed by atoms with van der Waals surface area (Å²) in [7, 11) is 0. The molecule has 0 radical (unpaired) electrons. The summed E-state index contributed by atoms with van der Waals surface area (Å²) in [4.78, 5) is 12.4. The minimum Gasteiger partial charge on any atom is -0.423 e. The summed E-state index contributed by atoms with van der Waals surface area (Å²) in [6.07, 6.45) is -3.25. The van der Waals surface area contributed by atoms with Crippen molar-refractivity contribution in [2.45, 2.75) is 63.8 Å². The SMILES string of the molecule is CCCC1CCC(c2ccc(-c3cc(F)c(C(=O)Oc4ccc(C(F)(F)OC(F)(F)F)cc4)c(F)c3)cc2)CC1. The van der Waals surface area contributed by atoms with E-state index in [0.29, 0.717) is 23.6 Å². The Balaban J connectivity index is 1.43. The van der Waals surface area contributed by atoms with Gasteiger partial charge in [-0.15, -0.1) is 13.2 Å². The highest BCUT2D eigenvalue weighted by atomic mass is 19.4. The number of ether oxygens (including phenoxy) is 2. The fourth-order valence-electron chi connectivity index (χ4n) is 5.15. The van der Waals surface area contributed by atoms with E-state index in [0.717, 1.165) is 43.0 Å². The summed E-state index contributed by atoms with van der Waals surface area (Å²) < 4.78 is 101. The Kier molecular flexibility index (Phi) is 8.87. The number of esters is 1. The van der Waals surface area contributed by atoms with Crippen LogP contribution >= 0.6 is 0 Å². The highest BCUT2D eigenvalue weighted by molar-refractivity contribution is 5.92. The molecular weight excluding hydrogens is 541 g/mol.